The average molecular weight is 266 g/mol. The Kier molecular flexibility index (Phi) is 3.68. The Hall–Kier alpha value is -1.40. The van der Waals surface area contributed by atoms with Gasteiger partial charge in [-0.05, 0) is 32.2 Å². The number of nitrogen functional groups attached to an aromatic ring is 1. The van der Waals surface area contributed by atoms with Crippen LogP contribution in [0.15, 0.2) is 11.4 Å². The van der Waals surface area contributed by atoms with Crippen molar-refractivity contribution in [1.82, 2.24) is 9.97 Å². The maximum atomic E-state index is 5.70. The second kappa shape index (κ2) is 5.07. The predicted octanol–water partition coefficient (Wildman–Crippen LogP) is 2.50. The zero-order valence-corrected chi connectivity index (χ0v) is 11.7. The number of rotatable bonds is 5. The summed E-state index contributed by atoms with van der Waals surface area (Å²) in [6, 6.07) is 2.00. The van der Waals surface area contributed by atoms with Crippen molar-refractivity contribution in [3.05, 3.63) is 11.4 Å². The molecule has 0 atom stereocenters. The molecule has 18 heavy (non-hydrogen) atoms. The van der Waals surface area contributed by atoms with E-state index >= 15 is 0 Å². The standard InChI is InChI=1S/C12H18N4OS/c1-4-17-12(2,3)7-14-9-8-5-6-18-10(8)16-11(13)15-9/h5-6H,4,7H2,1-3H3,(H3,13,14,15,16). The van der Waals surface area contributed by atoms with Gasteiger partial charge in [0, 0.05) is 13.2 Å². The molecule has 3 N–H and O–H groups in total. The van der Waals surface area contributed by atoms with E-state index in [-0.39, 0.29) is 5.60 Å². The minimum Gasteiger partial charge on any atom is -0.374 e. The first-order valence-electron chi connectivity index (χ1n) is 5.90. The van der Waals surface area contributed by atoms with Gasteiger partial charge in [-0.15, -0.1) is 11.3 Å². The van der Waals surface area contributed by atoms with Crippen LogP contribution in [0, 0.1) is 0 Å². The summed E-state index contributed by atoms with van der Waals surface area (Å²) in [5.74, 6) is 1.06. The zero-order valence-electron chi connectivity index (χ0n) is 10.9. The Morgan fingerprint density at radius 3 is 2.94 bits per heavy atom. The normalized spacial score (nSPS) is 11.9. The molecular formula is C12H18N4OS. The molecule has 0 aliphatic rings. The highest BCUT2D eigenvalue weighted by molar-refractivity contribution is 7.16. The lowest BCUT2D eigenvalue weighted by Crippen LogP contribution is -2.33. The molecule has 0 radical (unpaired) electrons. The van der Waals surface area contributed by atoms with Gasteiger partial charge in [-0.3, -0.25) is 0 Å². The molecule has 0 amide bonds. The van der Waals surface area contributed by atoms with Crippen LogP contribution in [0.3, 0.4) is 0 Å². The first-order chi connectivity index (χ1) is 8.52. The van der Waals surface area contributed by atoms with Crippen LogP contribution in [0.25, 0.3) is 10.2 Å². The van der Waals surface area contributed by atoms with Gasteiger partial charge >= 0.3 is 0 Å². The maximum Gasteiger partial charge on any atom is 0.223 e. The number of nitrogens with two attached hydrogens (primary N) is 1. The van der Waals surface area contributed by atoms with Crippen molar-refractivity contribution >= 4 is 33.3 Å². The minimum atomic E-state index is -0.239. The van der Waals surface area contributed by atoms with Gasteiger partial charge in [-0.25, -0.2) is 4.98 Å². The van der Waals surface area contributed by atoms with Crippen LogP contribution in [-0.4, -0.2) is 28.7 Å². The molecule has 2 rings (SSSR count). The molecule has 0 aromatic carbocycles. The first-order valence-corrected chi connectivity index (χ1v) is 6.78. The van der Waals surface area contributed by atoms with Gasteiger partial charge in [-0.2, -0.15) is 4.98 Å². The van der Waals surface area contributed by atoms with E-state index in [2.05, 4.69) is 15.3 Å². The topological polar surface area (TPSA) is 73.1 Å². The lowest BCUT2D eigenvalue weighted by Gasteiger charge is -2.25. The average Bonchev–Trinajstić information content (AvgIpc) is 2.73. The number of nitrogens with one attached hydrogen (secondary N) is 1. The number of aromatic nitrogens is 2. The molecule has 6 heteroatoms. The number of nitrogens with zero attached hydrogens (tertiary/aromatic N) is 2. The largest absolute Gasteiger partial charge is 0.374 e. The summed E-state index contributed by atoms with van der Waals surface area (Å²) < 4.78 is 5.64. The fourth-order valence-electron chi connectivity index (χ4n) is 1.75. The smallest absolute Gasteiger partial charge is 0.223 e. The number of fused-ring (bicyclic) bond motifs is 1. The molecule has 5 nitrogen and oxygen atoms in total. The highest BCUT2D eigenvalue weighted by atomic mass is 32.1. The van der Waals surface area contributed by atoms with Crippen LogP contribution in [0.5, 0.6) is 0 Å². The molecule has 0 aliphatic carbocycles. The monoisotopic (exact) mass is 266 g/mol. The van der Waals surface area contributed by atoms with Crippen molar-refractivity contribution in [1.29, 1.82) is 0 Å². The predicted molar refractivity (Wildman–Crippen MR) is 76.0 cm³/mol. The molecule has 0 bridgehead atoms. The van der Waals surface area contributed by atoms with Gasteiger partial charge < -0.3 is 15.8 Å². The second-order valence-corrected chi connectivity index (χ2v) is 5.51. The van der Waals surface area contributed by atoms with Crippen molar-refractivity contribution in [3.8, 4) is 0 Å². The molecule has 2 aromatic rings. The van der Waals surface area contributed by atoms with Gasteiger partial charge in [-0.1, -0.05) is 0 Å². The Labute approximate surface area is 110 Å². The first kappa shape index (κ1) is 13.0. The lowest BCUT2D eigenvalue weighted by atomic mass is 10.1. The third-order valence-corrected chi connectivity index (χ3v) is 3.37. The van der Waals surface area contributed by atoms with E-state index in [1.165, 1.54) is 0 Å². The summed E-state index contributed by atoms with van der Waals surface area (Å²) >= 11 is 1.56. The van der Waals surface area contributed by atoms with Crippen molar-refractivity contribution in [2.24, 2.45) is 0 Å². The van der Waals surface area contributed by atoms with Crippen LogP contribution < -0.4 is 11.1 Å². The molecule has 98 valence electrons. The van der Waals surface area contributed by atoms with Gasteiger partial charge in [0.25, 0.3) is 0 Å². The molecule has 0 aliphatic heterocycles. The highest BCUT2D eigenvalue weighted by Gasteiger charge is 2.18. The molecule has 0 saturated heterocycles. The summed E-state index contributed by atoms with van der Waals surface area (Å²) in [5.41, 5.74) is 5.46. The number of thiophene rings is 1. The van der Waals surface area contributed by atoms with Crippen molar-refractivity contribution < 1.29 is 4.74 Å². The Balaban J connectivity index is 2.19. The fourth-order valence-corrected chi connectivity index (χ4v) is 2.52. The molecule has 2 aromatic heterocycles. The number of hydrogen-bond acceptors (Lipinski definition) is 6. The van der Waals surface area contributed by atoms with E-state index in [1.807, 2.05) is 32.2 Å². The number of hydrogen-bond donors (Lipinski definition) is 2. The maximum absolute atomic E-state index is 5.70. The van der Waals surface area contributed by atoms with Crippen molar-refractivity contribution in [2.75, 3.05) is 24.2 Å². The summed E-state index contributed by atoms with van der Waals surface area (Å²) in [6.07, 6.45) is 0. The Bertz CT molecular complexity index is 538. The summed E-state index contributed by atoms with van der Waals surface area (Å²) in [6.45, 7) is 7.43. The van der Waals surface area contributed by atoms with E-state index in [9.17, 15) is 0 Å². The number of ether oxygens (including phenoxy) is 1. The van der Waals surface area contributed by atoms with Crippen LogP contribution in [-0.2, 0) is 4.74 Å². The van der Waals surface area contributed by atoms with E-state index < -0.39 is 0 Å². The van der Waals surface area contributed by atoms with Gasteiger partial charge in [0.1, 0.15) is 10.6 Å². The van der Waals surface area contributed by atoms with Gasteiger partial charge in [0.15, 0.2) is 0 Å². The molecule has 0 saturated carbocycles. The second-order valence-electron chi connectivity index (χ2n) is 4.62. The van der Waals surface area contributed by atoms with E-state index in [1.54, 1.807) is 11.3 Å². The SMILES string of the molecule is CCOC(C)(C)CNc1nc(N)nc2sccc12. The van der Waals surface area contributed by atoms with Crippen molar-refractivity contribution in [2.45, 2.75) is 26.4 Å². The van der Waals surface area contributed by atoms with Crippen LogP contribution in [0.2, 0.25) is 0 Å². The van der Waals surface area contributed by atoms with Crippen LogP contribution >= 0.6 is 11.3 Å². The molecule has 0 fully saturated rings. The van der Waals surface area contributed by atoms with Crippen LogP contribution in [0.1, 0.15) is 20.8 Å². The van der Waals surface area contributed by atoms with Gasteiger partial charge in [0.05, 0.1) is 11.0 Å². The van der Waals surface area contributed by atoms with E-state index in [4.69, 9.17) is 10.5 Å². The Morgan fingerprint density at radius 2 is 2.22 bits per heavy atom. The molecule has 0 spiro atoms. The molecule has 0 unspecified atom stereocenters. The molecule has 2 heterocycles. The summed E-state index contributed by atoms with van der Waals surface area (Å²) in [7, 11) is 0. The third kappa shape index (κ3) is 2.88. The zero-order chi connectivity index (χ0) is 13.2. The number of anilines is 2. The van der Waals surface area contributed by atoms with E-state index in [0.717, 1.165) is 16.0 Å². The minimum absolute atomic E-state index is 0.239. The summed E-state index contributed by atoms with van der Waals surface area (Å²) in [5, 5.41) is 6.28. The van der Waals surface area contributed by atoms with Gasteiger partial charge in [0.2, 0.25) is 5.95 Å². The van der Waals surface area contributed by atoms with E-state index in [0.29, 0.717) is 19.1 Å². The fraction of sp³-hybridized carbons (Fsp3) is 0.500. The highest BCUT2D eigenvalue weighted by Crippen LogP contribution is 2.26. The molecular weight excluding hydrogens is 248 g/mol. The third-order valence-electron chi connectivity index (χ3n) is 2.56. The summed E-state index contributed by atoms with van der Waals surface area (Å²) in [4.78, 5) is 9.34. The lowest BCUT2D eigenvalue weighted by molar-refractivity contribution is 0.000664. The van der Waals surface area contributed by atoms with Crippen molar-refractivity contribution in [3.63, 3.8) is 0 Å². The van der Waals surface area contributed by atoms with Crippen LogP contribution in [0.4, 0.5) is 11.8 Å². The Morgan fingerprint density at radius 1 is 1.44 bits per heavy atom. The quantitative estimate of drug-likeness (QED) is 0.870.